The van der Waals surface area contributed by atoms with Crippen molar-refractivity contribution in [3.8, 4) is 28.5 Å². The van der Waals surface area contributed by atoms with Crippen LogP contribution in [-0.4, -0.2) is 44.3 Å². The normalized spacial score (nSPS) is 11.4. The van der Waals surface area contributed by atoms with Gasteiger partial charge in [-0.05, 0) is 53.5 Å². The molecule has 5 rings (SSSR count). The van der Waals surface area contributed by atoms with E-state index >= 15 is 0 Å². The molecule has 5 aromatic rings. The fraction of sp³-hybridized carbons (Fsp3) is 0.280. The van der Waals surface area contributed by atoms with Crippen molar-refractivity contribution in [3.05, 3.63) is 83.1 Å². The van der Waals surface area contributed by atoms with Crippen LogP contribution in [0.3, 0.4) is 0 Å². The summed E-state index contributed by atoms with van der Waals surface area (Å²) >= 11 is 0. The maximum Gasteiger partial charge on any atom is 0.335 e. The SMILES string of the molecule is CCCc1cn(-c2nccn2C(C)C)c(=O)n1Cc1cnccc1-c1ccccc1-c1nnn[nH]1. The molecule has 4 aromatic heterocycles. The van der Waals surface area contributed by atoms with E-state index in [2.05, 4.69) is 51.4 Å². The van der Waals surface area contributed by atoms with Gasteiger partial charge in [-0.1, -0.05) is 37.6 Å². The van der Waals surface area contributed by atoms with Gasteiger partial charge in [-0.25, -0.2) is 19.4 Å². The van der Waals surface area contributed by atoms with E-state index in [-0.39, 0.29) is 11.7 Å². The first-order valence-electron chi connectivity index (χ1n) is 11.7. The van der Waals surface area contributed by atoms with Gasteiger partial charge in [0.1, 0.15) is 0 Å². The van der Waals surface area contributed by atoms with Gasteiger partial charge in [0.25, 0.3) is 0 Å². The van der Waals surface area contributed by atoms with Gasteiger partial charge in [-0.2, -0.15) is 0 Å². The number of hydrogen-bond acceptors (Lipinski definition) is 6. The molecule has 0 aliphatic heterocycles. The van der Waals surface area contributed by atoms with Crippen molar-refractivity contribution in [1.82, 2.24) is 44.3 Å². The Balaban J connectivity index is 1.61. The monoisotopic (exact) mass is 469 g/mol. The second-order valence-electron chi connectivity index (χ2n) is 8.67. The van der Waals surface area contributed by atoms with Gasteiger partial charge in [-0.3, -0.25) is 9.55 Å². The van der Waals surface area contributed by atoms with E-state index in [1.165, 1.54) is 0 Å². The largest absolute Gasteiger partial charge is 0.335 e. The van der Waals surface area contributed by atoms with Crippen LogP contribution in [0, 0.1) is 0 Å². The summed E-state index contributed by atoms with van der Waals surface area (Å²) in [5.41, 5.74) is 4.57. The van der Waals surface area contributed by atoms with Gasteiger partial charge in [0.05, 0.1) is 6.54 Å². The highest BCUT2D eigenvalue weighted by Gasteiger charge is 2.19. The molecule has 0 saturated carbocycles. The molecule has 178 valence electrons. The molecule has 0 spiro atoms. The molecule has 4 heterocycles. The van der Waals surface area contributed by atoms with Crippen molar-refractivity contribution in [2.24, 2.45) is 0 Å². The molecule has 0 aliphatic rings. The zero-order valence-electron chi connectivity index (χ0n) is 20.0. The minimum absolute atomic E-state index is 0.121. The Kier molecular flexibility index (Phi) is 6.09. The van der Waals surface area contributed by atoms with Crippen LogP contribution < -0.4 is 5.69 Å². The number of benzene rings is 1. The van der Waals surface area contributed by atoms with Crippen LogP contribution in [-0.2, 0) is 13.0 Å². The molecule has 0 saturated heterocycles. The predicted octanol–water partition coefficient (Wildman–Crippen LogP) is 3.66. The number of tetrazole rings is 1. The molecule has 0 radical (unpaired) electrons. The molecule has 0 aliphatic carbocycles. The fourth-order valence-electron chi connectivity index (χ4n) is 4.37. The number of rotatable bonds is 8. The number of nitrogens with one attached hydrogen (secondary N) is 1. The highest BCUT2D eigenvalue weighted by Crippen LogP contribution is 2.32. The summed E-state index contributed by atoms with van der Waals surface area (Å²) in [4.78, 5) is 22.5. The summed E-state index contributed by atoms with van der Waals surface area (Å²) in [5.74, 6) is 1.20. The van der Waals surface area contributed by atoms with Crippen molar-refractivity contribution in [3.63, 3.8) is 0 Å². The van der Waals surface area contributed by atoms with Crippen LogP contribution in [0.1, 0.15) is 44.5 Å². The van der Waals surface area contributed by atoms with Crippen LogP contribution >= 0.6 is 0 Å². The number of hydrogen-bond donors (Lipinski definition) is 1. The summed E-state index contributed by atoms with van der Waals surface area (Å²) in [6.45, 7) is 6.64. The van der Waals surface area contributed by atoms with E-state index in [0.717, 1.165) is 40.8 Å². The van der Waals surface area contributed by atoms with Crippen molar-refractivity contribution in [2.45, 2.75) is 46.2 Å². The molecule has 10 heteroatoms. The average Bonchev–Trinajstić information content (AvgIpc) is 3.62. The lowest BCUT2D eigenvalue weighted by molar-refractivity contribution is 0.577. The number of aromatic amines is 1. The lowest BCUT2D eigenvalue weighted by atomic mass is 9.96. The lowest BCUT2D eigenvalue weighted by Gasteiger charge is -2.14. The number of pyridine rings is 1. The zero-order valence-corrected chi connectivity index (χ0v) is 20.0. The van der Waals surface area contributed by atoms with E-state index in [9.17, 15) is 4.79 Å². The number of nitrogens with zero attached hydrogens (tertiary/aromatic N) is 8. The summed E-state index contributed by atoms with van der Waals surface area (Å²) in [5, 5.41) is 14.4. The lowest BCUT2D eigenvalue weighted by Crippen LogP contribution is -2.27. The Bertz CT molecular complexity index is 1490. The Morgan fingerprint density at radius 2 is 1.89 bits per heavy atom. The molecule has 1 aromatic carbocycles. The Labute approximate surface area is 202 Å². The smallest absolute Gasteiger partial charge is 0.314 e. The van der Waals surface area contributed by atoms with Gasteiger partial charge in [0, 0.05) is 48.3 Å². The molecule has 1 N–H and O–H groups in total. The molecule has 0 atom stereocenters. The molecule has 0 amide bonds. The quantitative estimate of drug-likeness (QED) is 0.371. The second-order valence-corrected chi connectivity index (χ2v) is 8.67. The Hall–Kier alpha value is -4.34. The fourth-order valence-corrected chi connectivity index (χ4v) is 4.37. The summed E-state index contributed by atoms with van der Waals surface area (Å²) < 4.78 is 5.47. The zero-order chi connectivity index (χ0) is 24.4. The Morgan fingerprint density at radius 3 is 2.63 bits per heavy atom. The van der Waals surface area contributed by atoms with Crippen LogP contribution in [0.25, 0.3) is 28.5 Å². The van der Waals surface area contributed by atoms with Crippen molar-refractivity contribution in [1.29, 1.82) is 0 Å². The van der Waals surface area contributed by atoms with Crippen LogP contribution in [0.15, 0.2) is 66.1 Å². The van der Waals surface area contributed by atoms with Gasteiger partial charge in [-0.15, -0.1) is 5.10 Å². The maximum atomic E-state index is 13.7. The van der Waals surface area contributed by atoms with E-state index in [1.54, 1.807) is 17.0 Å². The average molecular weight is 470 g/mol. The van der Waals surface area contributed by atoms with E-state index in [1.807, 2.05) is 58.1 Å². The first-order valence-corrected chi connectivity index (χ1v) is 11.7. The third-order valence-electron chi connectivity index (χ3n) is 6.04. The van der Waals surface area contributed by atoms with Gasteiger partial charge >= 0.3 is 5.69 Å². The minimum Gasteiger partial charge on any atom is -0.314 e. The number of imidazole rings is 2. The molecule has 0 fully saturated rings. The van der Waals surface area contributed by atoms with E-state index in [0.29, 0.717) is 18.3 Å². The molecular formula is C25H27N9O. The van der Waals surface area contributed by atoms with Crippen molar-refractivity contribution < 1.29 is 0 Å². The van der Waals surface area contributed by atoms with Crippen molar-refractivity contribution in [2.75, 3.05) is 0 Å². The van der Waals surface area contributed by atoms with Crippen LogP contribution in [0.5, 0.6) is 0 Å². The minimum atomic E-state index is -0.121. The summed E-state index contributed by atoms with van der Waals surface area (Å²) in [6, 6.07) is 10.1. The summed E-state index contributed by atoms with van der Waals surface area (Å²) in [7, 11) is 0. The topological polar surface area (TPSA) is 112 Å². The highest BCUT2D eigenvalue weighted by molar-refractivity contribution is 5.81. The van der Waals surface area contributed by atoms with Crippen LogP contribution in [0.2, 0.25) is 0 Å². The summed E-state index contributed by atoms with van der Waals surface area (Å²) in [6.07, 6.45) is 10.8. The second kappa shape index (κ2) is 9.49. The van der Waals surface area contributed by atoms with Gasteiger partial charge < -0.3 is 4.57 Å². The Morgan fingerprint density at radius 1 is 1.06 bits per heavy atom. The van der Waals surface area contributed by atoms with E-state index in [4.69, 9.17) is 0 Å². The molecular weight excluding hydrogens is 442 g/mol. The molecule has 0 bridgehead atoms. The third-order valence-corrected chi connectivity index (χ3v) is 6.04. The maximum absolute atomic E-state index is 13.7. The van der Waals surface area contributed by atoms with Gasteiger partial charge in [0.2, 0.25) is 5.95 Å². The van der Waals surface area contributed by atoms with E-state index < -0.39 is 0 Å². The molecule has 0 unspecified atom stereocenters. The van der Waals surface area contributed by atoms with Gasteiger partial charge in [0.15, 0.2) is 5.82 Å². The predicted molar refractivity (Wildman–Crippen MR) is 132 cm³/mol. The van der Waals surface area contributed by atoms with Crippen LogP contribution in [0.4, 0.5) is 0 Å². The standard InChI is InChI=1S/C25H27N9O/c1-4-7-19-16-34(24-27-12-13-32(24)17(2)3)25(35)33(19)15-18-14-26-11-10-20(18)21-8-5-6-9-22(21)23-28-30-31-29-23/h5-6,8-14,16-17H,4,7,15H2,1-3H3,(H,28,29,30,31). The first kappa shape index (κ1) is 22.5. The first-order chi connectivity index (χ1) is 17.1. The number of H-pyrrole nitrogens is 1. The van der Waals surface area contributed by atoms with Crippen molar-refractivity contribution >= 4 is 0 Å². The number of aromatic nitrogens is 9. The number of aryl methyl sites for hydroxylation is 1. The third kappa shape index (κ3) is 4.18. The molecule has 10 nitrogen and oxygen atoms in total. The molecule has 35 heavy (non-hydrogen) atoms. The highest BCUT2D eigenvalue weighted by atomic mass is 16.1.